The van der Waals surface area contributed by atoms with Gasteiger partial charge in [-0.15, -0.1) is 12.4 Å². The van der Waals surface area contributed by atoms with Crippen LogP contribution in [0.1, 0.15) is 43.0 Å². The zero-order chi connectivity index (χ0) is 18.6. The Bertz CT molecular complexity index is 766. The first-order valence-corrected chi connectivity index (χ1v) is 10.2. The molecule has 0 aliphatic heterocycles. The van der Waals surface area contributed by atoms with Crippen LogP contribution in [-0.4, -0.2) is 39.2 Å². The number of carbonyl (C=O) groups is 2. The lowest BCUT2D eigenvalue weighted by atomic mass is 9.85. The minimum absolute atomic E-state index is 0. The molecule has 2 rings (SSSR count). The van der Waals surface area contributed by atoms with Gasteiger partial charge in [0.15, 0.2) is 9.84 Å². The number of anilines is 1. The van der Waals surface area contributed by atoms with Crippen molar-refractivity contribution in [1.29, 1.82) is 0 Å². The standard InChI is InChI=1S/C17H24N2O5S.ClH/c1-3-24-17(21)12-8-14(10-15(9-12)25(2,22)23)19-16(20)11-5-4-6-13(18)7-11;/h8-11,13H,3-7,18H2,1-2H3,(H,19,20);1H. The van der Waals surface area contributed by atoms with Crippen molar-refractivity contribution in [1.82, 2.24) is 0 Å². The van der Waals surface area contributed by atoms with Gasteiger partial charge in [0.1, 0.15) is 0 Å². The summed E-state index contributed by atoms with van der Waals surface area (Å²) in [7, 11) is -3.54. The zero-order valence-corrected chi connectivity index (χ0v) is 16.5. The van der Waals surface area contributed by atoms with E-state index in [1.807, 2.05) is 0 Å². The van der Waals surface area contributed by atoms with Gasteiger partial charge in [-0.1, -0.05) is 6.42 Å². The fourth-order valence-corrected chi connectivity index (χ4v) is 3.61. The van der Waals surface area contributed by atoms with Crippen LogP contribution in [0.4, 0.5) is 5.69 Å². The molecular formula is C17H25ClN2O5S. The fraction of sp³-hybridized carbons (Fsp3) is 0.529. The second kappa shape index (κ2) is 9.34. The molecule has 2 atom stereocenters. The predicted octanol–water partition coefficient (Wildman–Crippen LogP) is 2.14. The highest BCUT2D eigenvalue weighted by Crippen LogP contribution is 2.26. The average molecular weight is 405 g/mol. The average Bonchev–Trinajstić information content (AvgIpc) is 2.54. The maximum atomic E-state index is 12.4. The molecule has 146 valence electrons. The summed E-state index contributed by atoms with van der Waals surface area (Å²) in [6.07, 6.45) is 4.18. The number of hydrogen-bond donors (Lipinski definition) is 2. The van der Waals surface area contributed by atoms with Crippen molar-refractivity contribution in [2.45, 2.75) is 43.5 Å². The summed E-state index contributed by atoms with van der Waals surface area (Å²) in [4.78, 5) is 24.4. The maximum absolute atomic E-state index is 12.4. The number of nitrogens with one attached hydrogen (secondary N) is 1. The van der Waals surface area contributed by atoms with Gasteiger partial charge in [0.2, 0.25) is 5.91 Å². The van der Waals surface area contributed by atoms with Crippen LogP contribution < -0.4 is 11.1 Å². The molecule has 1 aromatic carbocycles. The SMILES string of the molecule is CCOC(=O)c1cc(NC(=O)C2CCCC(N)C2)cc(S(C)(=O)=O)c1.Cl. The van der Waals surface area contributed by atoms with Crippen molar-refractivity contribution in [3.8, 4) is 0 Å². The van der Waals surface area contributed by atoms with Crippen LogP contribution in [0.3, 0.4) is 0 Å². The Balaban J connectivity index is 0.00000338. The summed E-state index contributed by atoms with van der Waals surface area (Å²) in [5, 5.41) is 2.72. The first-order valence-electron chi connectivity index (χ1n) is 8.29. The summed E-state index contributed by atoms with van der Waals surface area (Å²) in [6.45, 7) is 1.83. The number of halogens is 1. The van der Waals surface area contributed by atoms with Gasteiger partial charge < -0.3 is 15.8 Å². The van der Waals surface area contributed by atoms with Crippen molar-refractivity contribution in [2.75, 3.05) is 18.2 Å². The Labute approximate surface area is 160 Å². The molecule has 0 spiro atoms. The van der Waals surface area contributed by atoms with Gasteiger partial charge in [-0.2, -0.15) is 0 Å². The Morgan fingerprint density at radius 2 is 1.96 bits per heavy atom. The van der Waals surface area contributed by atoms with Gasteiger partial charge in [-0.05, 0) is 44.4 Å². The highest BCUT2D eigenvalue weighted by atomic mass is 35.5. The van der Waals surface area contributed by atoms with Gasteiger partial charge in [0.25, 0.3) is 0 Å². The van der Waals surface area contributed by atoms with Crippen LogP contribution >= 0.6 is 12.4 Å². The normalized spacial score (nSPS) is 20.0. The number of esters is 1. The summed E-state index contributed by atoms with van der Waals surface area (Å²) >= 11 is 0. The minimum Gasteiger partial charge on any atom is -0.462 e. The molecule has 0 saturated heterocycles. The number of sulfone groups is 1. The summed E-state index contributed by atoms with van der Waals surface area (Å²) in [6, 6.07) is 4.02. The molecule has 0 heterocycles. The molecule has 1 aliphatic rings. The Morgan fingerprint density at radius 1 is 1.27 bits per heavy atom. The van der Waals surface area contributed by atoms with Crippen LogP contribution in [0, 0.1) is 5.92 Å². The van der Waals surface area contributed by atoms with Crippen molar-refractivity contribution in [3.05, 3.63) is 23.8 Å². The molecule has 26 heavy (non-hydrogen) atoms. The molecule has 3 N–H and O–H groups in total. The van der Waals surface area contributed by atoms with Crippen molar-refractivity contribution in [3.63, 3.8) is 0 Å². The molecule has 1 saturated carbocycles. The predicted molar refractivity (Wildman–Crippen MR) is 101 cm³/mol. The molecule has 0 bridgehead atoms. The largest absolute Gasteiger partial charge is 0.462 e. The Hall–Kier alpha value is -1.64. The first-order chi connectivity index (χ1) is 11.7. The number of amides is 1. The second-order valence-corrected chi connectivity index (χ2v) is 8.37. The lowest BCUT2D eigenvalue weighted by Gasteiger charge is -2.25. The quantitative estimate of drug-likeness (QED) is 0.726. The van der Waals surface area contributed by atoms with E-state index in [9.17, 15) is 18.0 Å². The highest BCUT2D eigenvalue weighted by molar-refractivity contribution is 7.90. The maximum Gasteiger partial charge on any atom is 0.338 e. The Kier molecular flexibility index (Phi) is 8.05. The molecule has 1 aromatic rings. The first kappa shape index (κ1) is 22.4. The third-order valence-corrected chi connectivity index (χ3v) is 5.29. The number of nitrogens with two attached hydrogens (primary N) is 1. The number of ether oxygens (including phenoxy) is 1. The second-order valence-electron chi connectivity index (χ2n) is 6.35. The van der Waals surface area contributed by atoms with Crippen LogP contribution in [-0.2, 0) is 19.4 Å². The molecule has 1 amide bonds. The molecule has 9 heteroatoms. The van der Waals surface area contributed by atoms with Crippen LogP contribution in [0.2, 0.25) is 0 Å². The molecule has 1 fully saturated rings. The highest BCUT2D eigenvalue weighted by Gasteiger charge is 2.26. The lowest BCUT2D eigenvalue weighted by molar-refractivity contribution is -0.120. The smallest absolute Gasteiger partial charge is 0.338 e. The number of benzene rings is 1. The van der Waals surface area contributed by atoms with E-state index < -0.39 is 15.8 Å². The zero-order valence-electron chi connectivity index (χ0n) is 14.9. The third kappa shape index (κ3) is 5.96. The van der Waals surface area contributed by atoms with E-state index in [1.54, 1.807) is 6.92 Å². The monoisotopic (exact) mass is 404 g/mol. The molecular weight excluding hydrogens is 380 g/mol. The number of rotatable bonds is 5. The van der Waals surface area contributed by atoms with E-state index >= 15 is 0 Å². The Morgan fingerprint density at radius 3 is 2.54 bits per heavy atom. The molecule has 1 aliphatic carbocycles. The summed E-state index contributed by atoms with van der Waals surface area (Å²) in [5.74, 6) is -1.06. The van der Waals surface area contributed by atoms with Gasteiger partial charge in [0.05, 0.1) is 17.1 Å². The topological polar surface area (TPSA) is 116 Å². The molecule has 0 aromatic heterocycles. The van der Waals surface area contributed by atoms with E-state index in [1.165, 1.54) is 18.2 Å². The van der Waals surface area contributed by atoms with Gasteiger partial charge in [-0.3, -0.25) is 4.79 Å². The van der Waals surface area contributed by atoms with Crippen LogP contribution in [0.5, 0.6) is 0 Å². The van der Waals surface area contributed by atoms with Crippen LogP contribution in [0.15, 0.2) is 23.1 Å². The third-order valence-electron chi connectivity index (χ3n) is 4.20. The fourth-order valence-electron chi connectivity index (χ4n) is 2.93. The van der Waals surface area contributed by atoms with E-state index in [-0.39, 0.29) is 53.0 Å². The summed E-state index contributed by atoms with van der Waals surface area (Å²) in [5.41, 5.74) is 6.26. The van der Waals surface area contributed by atoms with Crippen molar-refractivity contribution >= 4 is 39.8 Å². The lowest BCUT2D eigenvalue weighted by Crippen LogP contribution is -2.34. The van der Waals surface area contributed by atoms with Gasteiger partial charge in [0, 0.05) is 23.9 Å². The molecule has 2 unspecified atom stereocenters. The number of carbonyl (C=O) groups excluding carboxylic acids is 2. The number of hydrogen-bond acceptors (Lipinski definition) is 6. The van der Waals surface area contributed by atoms with Crippen molar-refractivity contribution in [2.24, 2.45) is 11.7 Å². The van der Waals surface area contributed by atoms with E-state index in [4.69, 9.17) is 10.5 Å². The van der Waals surface area contributed by atoms with E-state index in [0.29, 0.717) is 6.42 Å². The summed E-state index contributed by atoms with van der Waals surface area (Å²) < 4.78 is 28.7. The van der Waals surface area contributed by atoms with Gasteiger partial charge >= 0.3 is 5.97 Å². The van der Waals surface area contributed by atoms with Gasteiger partial charge in [-0.25, -0.2) is 13.2 Å². The molecule has 0 radical (unpaired) electrons. The van der Waals surface area contributed by atoms with E-state index in [2.05, 4.69) is 5.32 Å². The minimum atomic E-state index is -3.54. The van der Waals surface area contributed by atoms with Crippen molar-refractivity contribution < 1.29 is 22.7 Å². The van der Waals surface area contributed by atoms with E-state index in [0.717, 1.165) is 25.5 Å². The molecule has 7 nitrogen and oxygen atoms in total. The van der Waals surface area contributed by atoms with Crippen LogP contribution in [0.25, 0.3) is 0 Å².